The predicted molar refractivity (Wildman–Crippen MR) is 167 cm³/mol. The summed E-state index contributed by atoms with van der Waals surface area (Å²) in [7, 11) is 0. The fourth-order valence-corrected chi connectivity index (χ4v) is 5.94. The second kappa shape index (κ2) is 11.8. The van der Waals surface area contributed by atoms with Gasteiger partial charge in [0.05, 0.1) is 11.1 Å². The van der Waals surface area contributed by atoms with Gasteiger partial charge in [0.25, 0.3) is 0 Å². The summed E-state index contributed by atoms with van der Waals surface area (Å²) in [6, 6.07) is 31.3. The Balaban J connectivity index is 1.73. The van der Waals surface area contributed by atoms with Crippen LogP contribution in [0.1, 0.15) is 48.9 Å². The van der Waals surface area contributed by atoms with Gasteiger partial charge in [0, 0.05) is 12.0 Å². The van der Waals surface area contributed by atoms with E-state index in [0.29, 0.717) is 16.8 Å². The van der Waals surface area contributed by atoms with Crippen molar-refractivity contribution in [2.45, 2.75) is 57.2 Å². The number of rotatable bonds is 6. The molecule has 0 aromatic heterocycles. The number of fused-ring (bicyclic) bond motifs is 1. The van der Waals surface area contributed by atoms with Crippen molar-refractivity contribution >= 4 is 17.7 Å². The number of hydrogen-bond donors (Lipinski definition) is 0. The lowest BCUT2D eigenvalue weighted by atomic mass is 9.64. The van der Waals surface area contributed by atoms with Crippen molar-refractivity contribution in [2.24, 2.45) is 0 Å². The number of ether oxygens (including phenoxy) is 1. The number of carbonyl (C=O) groups is 2. The van der Waals surface area contributed by atoms with Gasteiger partial charge in [-0.15, -0.1) is 0 Å². The molecule has 0 saturated heterocycles. The van der Waals surface area contributed by atoms with Crippen molar-refractivity contribution in [3.05, 3.63) is 138 Å². The van der Waals surface area contributed by atoms with Gasteiger partial charge in [-0.2, -0.15) is 13.2 Å². The molecule has 0 aliphatic carbocycles. The first-order chi connectivity index (χ1) is 20.8. The van der Waals surface area contributed by atoms with Gasteiger partial charge in [0.15, 0.2) is 0 Å². The summed E-state index contributed by atoms with van der Waals surface area (Å²) in [5, 5.41) is 0. The lowest BCUT2D eigenvalue weighted by Crippen LogP contribution is -2.49. The third kappa shape index (κ3) is 6.32. The van der Waals surface area contributed by atoms with Crippen LogP contribution in [0.4, 0.5) is 23.7 Å². The van der Waals surface area contributed by atoms with E-state index in [2.05, 4.69) is 0 Å². The first kappa shape index (κ1) is 30.8. The smallest absolute Gasteiger partial charge is 0.421 e. The second-order valence-electron chi connectivity index (χ2n) is 12.1. The quantitative estimate of drug-likeness (QED) is 0.208. The first-order valence-electron chi connectivity index (χ1n) is 14.4. The van der Waals surface area contributed by atoms with Gasteiger partial charge in [-0.1, -0.05) is 109 Å². The van der Waals surface area contributed by atoms with Crippen LogP contribution in [0.25, 0.3) is 11.1 Å². The van der Waals surface area contributed by atoms with Crippen LogP contribution >= 0.6 is 0 Å². The Kier molecular flexibility index (Phi) is 8.25. The number of benzene rings is 4. The van der Waals surface area contributed by atoms with Gasteiger partial charge in [0.1, 0.15) is 5.60 Å². The number of carbonyl (C=O) groups excluding carboxylic acids is 2. The lowest BCUT2D eigenvalue weighted by molar-refractivity contribution is -0.123. The number of hydrogen-bond acceptors (Lipinski definition) is 3. The maximum absolute atomic E-state index is 14.8. The predicted octanol–water partition coefficient (Wildman–Crippen LogP) is 9.33. The Bertz CT molecular complexity index is 1690. The van der Waals surface area contributed by atoms with Crippen LogP contribution < -0.4 is 4.90 Å². The van der Waals surface area contributed by atoms with Crippen LogP contribution in [0.2, 0.25) is 0 Å². The number of anilines is 1. The van der Waals surface area contributed by atoms with Gasteiger partial charge in [-0.3, -0.25) is 4.79 Å². The molecule has 1 aliphatic rings. The molecule has 1 heterocycles. The van der Waals surface area contributed by atoms with E-state index in [4.69, 9.17) is 4.74 Å². The molecule has 226 valence electrons. The van der Waals surface area contributed by atoms with E-state index < -0.39 is 35.1 Å². The van der Waals surface area contributed by atoms with E-state index in [1.807, 2.05) is 67.6 Å². The molecule has 4 aromatic carbocycles. The highest BCUT2D eigenvalue weighted by Gasteiger charge is 2.57. The summed E-state index contributed by atoms with van der Waals surface area (Å²) >= 11 is 0. The summed E-state index contributed by atoms with van der Waals surface area (Å²) < 4.78 is 47.0. The minimum absolute atomic E-state index is 0.0397. The molecule has 0 spiro atoms. The Morgan fingerprint density at radius 2 is 1.50 bits per heavy atom. The topological polar surface area (TPSA) is 46.6 Å². The average Bonchev–Trinajstić information content (AvgIpc) is 3.20. The maximum Gasteiger partial charge on any atom is 0.421 e. The molecule has 2 unspecified atom stereocenters. The fraction of sp³-hybridized carbons (Fsp3) is 0.243. The van der Waals surface area contributed by atoms with Crippen molar-refractivity contribution in [2.75, 3.05) is 4.90 Å². The Morgan fingerprint density at radius 3 is 2.14 bits per heavy atom. The van der Waals surface area contributed by atoms with E-state index in [0.717, 1.165) is 33.2 Å². The zero-order chi connectivity index (χ0) is 31.7. The molecular weight excluding hydrogens is 563 g/mol. The largest absolute Gasteiger partial charge is 0.443 e. The molecule has 4 nitrogen and oxygen atoms in total. The monoisotopic (exact) mass is 597 g/mol. The van der Waals surface area contributed by atoms with E-state index in [-0.39, 0.29) is 12.5 Å². The van der Waals surface area contributed by atoms with Gasteiger partial charge in [-0.05, 0) is 68.0 Å². The van der Waals surface area contributed by atoms with Crippen LogP contribution in [0.3, 0.4) is 0 Å². The molecule has 0 radical (unpaired) electrons. The van der Waals surface area contributed by atoms with Crippen molar-refractivity contribution in [1.29, 1.82) is 0 Å². The highest BCUT2D eigenvalue weighted by atomic mass is 19.4. The third-order valence-corrected chi connectivity index (χ3v) is 7.74. The molecule has 0 bridgehead atoms. The lowest BCUT2D eigenvalue weighted by Gasteiger charge is -2.36. The normalized spacial score (nSPS) is 17.5. The zero-order valence-electron chi connectivity index (χ0n) is 25.1. The first-order valence-corrected chi connectivity index (χ1v) is 14.4. The van der Waals surface area contributed by atoms with E-state index in [1.165, 1.54) is 0 Å². The summed E-state index contributed by atoms with van der Waals surface area (Å²) in [4.78, 5) is 29.4. The van der Waals surface area contributed by atoms with Gasteiger partial charge in [0.2, 0.25) is 5.91 Å². The molecule has 44 heavy (non-hydrogen) atoms. The Hall–Kier alpha value is -4.65. The molecule has 7 heteroatoms. The number of para-hydroxylation sites is 1. The van der Waals surface area contributed by atoms with E-state index in [9.17, 15) is 22.8 Å². The molecule has 0 N–H and O–H groups in total. The second-order valence-corrected chi connectivity index (χ2v) is 12.1. The minimum atomic E-state index is -4.62. The van der Waals surface area contributed by atoms with Crippen LogP contribution in [-0.4, -0.2) is 23.8 Å². The SMILES string of the molecule is Cc1cccc(C(/C=C/C(F)(F)F)C2(Cc3ccc(-c4ccccc4)cc3)C(=O)N(C(=O)OC(C)(C)C)c3ccccc32)c1. The van der Waals surface area contributed by atoms with Crippen molar-refractivity contribution < 1.29 is 27.5 Å². The third-order valence-electron chi connectivity index (χ3n) is 7.74. The van der Waals surface area contributed by atoms with Gasteiger partial charge >= 0.3 is 12.3 Å². The van der Waals surface area contributed by atoms with Crippen molar-refractivity contribution in [3.8, 4) is 11.1 Å². The van der Waals surface area contributed by atoms with Gasteiger partial charge in [-0.25, -0.2) is 9.69 Å². The zero-order valence-corrected chi connectivity index (χ0v) is 25.1. The molecule has 0 saturated carbocycles. The molecule has 1 aliphatic heterocycles. The summed E-state index contributed by atoms with van der Waals surface area (Å²) in [5.74, 6) is -1.71. The molecule has 0 fully saturated rings. The maximum atomic E-state index is 14.8. The van der Waals surface area contributed by atoms with E-state index >= 15 is 0 Å². The number of nitrogens with zero attached hydrogens (tertiary/aromatic N) is 1. The Labute approximate surface area is 255 Å². The molecule has 2 amide bonds. The number of imide groups is 1. The summed E-state index contributed by atoms with van der Waals surface area (Å²) in [5.41, 5.74) is 2.32. The van der Waals surface area contributed by atoms with Crippen molar-refractivity contribution in [3.63, 3.8) is 0 Å². The van der Waals surface area contributed by atoms with Gasteiger partial charge < -0.3 is 4.74 Å². The molecule has 2 atom stereocenters. The minimum Gasteiger partial charge on any atom is -0.443 e. The standard InChI is InChI=1S/C37H34F3NO3/c1-25-11-10-14-29(23-25)30(21-22-37(38,39)40)36(24-26-17-19-28(20-18-26)27-12-6-5-7-13-27)31-15-8-9-16-32(31)41(33(36)42)34(43)44-35(2,3)4/h5-23,30H,24H2,1-4H3/b22-21+. The molecular formula is C37H34F3NO3. The summed E-state index contributed by atoms with van der Waals surface area (Å²) in [6.07, 6.45) is -4.21. The number of halogens is 3. The fourth-order valence-electron chi connectivity index (χ4n) is 5.94. The number of amides is 2. The number of allylic oxidation sites excluding steroid dienone is 2. The highest BCUT2D eigenvalue weighted by molar-refractivity contribution is 6.21. The molecule has 5 rings (SSSR count). The number of aryl methyl sites for hydroxylation is 1. The highest BCUT2D eigenvalue weighted by Crippen LogP contribution is 2.53. The van der Waals surface area contributed by atoms with Crippen molar-refractivity contribution in [1.82, 2.24) is 0 Å². The number of alkyl halides is 3. The molecule has 4 aromatic rings. The van der Waals surface area contributed by atoms with E-state index in [1.54, 1.807) is 63.2 Å². The average molecular weight is 598 g/mol. The summed E-state index contributed by atoms with van der Waals surface area (Å²) in [6.45, 7) is 6.93. The van der Waals surface area contributed by atoms with Crippen LogP contribution in [0.5, 0.6) is 0 Å². The Morgan fingerprint density at radius 1 is 0.864 bits per heavy atom. The van der Waals surface area contributed by atoms with Crippen LogP contribution in [0.15, 0.2) is 115 Å². The van der Waals surface area contributed by atoms with Crippen LogP contribution in [0, 0.1) is 6.92 Å². The van der Waals surface area contributed by atoms with Crippen LogP contribution in [-0.2, 0) is 21.4 Å².